The predicted octanol–water partition coefficient (Wildman–Crippen LogP) is 3.67. The van der Waals surface area contributed by atoms with Crippen LogP contribution in [0.3, 0.4) is 0 Å². The Morgan fingerprint density at radius 1 is 1.30 bits per heavy atom. The number of ether oxygens (including phenoxy) is 1. The molecule has 8 nitrogen and oxygen atoms in total. The van der Waals surface area contributed by atoms with Crippen LogP contribution in [0.5, 0.6) is 5.75 Å². The Hall–Kier alpha value is -3.43. The van der Waals surface area contributed by atoms with Crippen LogP contribution in [0.15, 0.2) is 53.2 Å². The molecule has 0 radical (unpaired) electrons. The summed E-state index contributed by atoms with van der Waals surface area (Å²) in [6.07, 6.45) is 2.47. The number of nitrogens with two attached hydrogens (primary N) is 1. The summed E-state index contributed by atoms with van der Waals surface area (Å²) in [4.78, 5) is 35.4. The molecular formula is C24H26N4O4S. The first-order chi connectivity index (χ1) is 15.9. The van der Waals surface area contributed by atoms with Gasteiger partial charge in [0.05, 0.1) is 13.7 Å². The highest BCUT2D eigenvalue weighted by molar-refractivity contribution is 8.17. The van der Waals surface area contributed by atoms with E-state index in [0.29, 0.717) is 45.5 Å². The molecule has 172 valence electrons. The lowest BCUT2D eigenvalue weighted by molar-refractivity contribution is -0.116. The number of thioether (sulfide) groups is 1. The Bertz CT molecular complexity index is 1210. The Labute approximate surface area is 196 Å². The third kappa shape index (κ3) is 5.68. The first kappa shape index (κ1) is 24.2. The SMILES string of the molecule is COc1ccc2c(C(=O)S/C(CCO)=C(/C)N(C=O)Cc3cnc(C)nc3N)cccc2c1. The minimum absolute atomic E-state index is 0.152. The molecule has 0 atom stereocenters. The lowest BCUT2D eigenvalue weighted by atomic mass is 10.1. The van der Waals surface area contributed by atoms with Crippen molar-refractivity contribution in [3.8, 4) is 5.75 Å². The second kappa shape index (κ2) is 10.9. The summed E-state index contributed by atoms with van der Waals surface area (Å²) >= 11 is 1.00. The van der Waals surface area contributed by atoms with Gasteiger partial charge in [-0.15, -0.1) is 0 Å². The van der Waals surface area contributed by atoms with Gasteiger partial charge in [-0.2, -0.15) is 0 Å². The standard InChI is InChI=1S/C24H26N4O4S/c1-15(28(14-30)13-18-12-26-16(2)27-23(18)25)22(9-10-29)33-24(31)21-6-4-5-17-11-19(32-3)7-8-20(17)21/h4-8,11-12,14,29H,9-10,13H2,1-3H3,(H2,25,26,27)/b22-15-. The minimum Gasteiger partial charge on any atom is -0.497 e. The molecule has 9 heteroatoms. The highest BCUT2D eigenvalue weighted by atomic mass is 32.2. The van der Waals surface area contributed by atoms with Crippen molar-refractivity contribution in [1.29, 1.82) is 0 Å². The second-order valence-electron chi connectivity index (χ2n) is 7.33. The Kier molecular flexibility index (Phi) is 8.02. The molecule has 0 aliphatic heterocycles. The van der Waals surface area contributed by atoms with Crippen LogP contribution >= 0.6 is 11.8 Å². The molecular weight excluding hydrogens is 440 g/mol. The summed E-state index contributed by atoms with van der Waals surface area (Å²) in [5, 5.41) is 11.1. The monoisotopic (exact) mass is 466 g/mol. The van der Waals surface area contributed by atoms with Crippen molar-refractivity contribution in [2.75, 3.05) is 19.5 Å². The van der Waals surface area contributed by atoms with E-state index >= 15 is 0 Å². The zero-order valence-electron chi connectivity index (χ0n) is 18.7. The molecule has 3 rings (SSSR count). The number of anilines is 1. The van der Waals surface area contributed by atoms with Crippen LogP contribution in [-0.4, -0.2) is 45.2 Å². The lowest BCUT2D eigenvalue weighted by Gasteiger charge is -2.22. The van der Waals surface area contributed by atoms with Gasteiger partial charge in [0.25, 0.3) is 0 Å². The fourth-order valence-corrected chi connectivity index (χ4v) is 4.32. The summed E-state index contributed by atoms with van der Waals surface area (Å²) < 4.78 is 5.27. The smallest absolute Gasteiger partial charge is 0.224 e. The van der Waals surface area contributed by atoms with Gasteiger partial charge in [-0.1, -0.05) is 12.1 Å². The van der Waals surface area contributed by atoms with Crippen LogP contribution in [0.4, 0.5) is 5.82 Å². The number of carbonyl (C=O) groups excluding carboxylic acids is 2. The number of aryl methyl sites for hydroxylation is 1. The number of benzene rings is 2. The summed E-state index contributed by atoms with van der Waals surface area (Å²) in [7, 11) is 1.59. The Morgan fingerprint density at radius 3 is 2.76 bits per heavy atom. The lowest BCUT2D eigenvalue weighted by Crippen LogP contribution is -2.22. The van der Waals surface area contributed by atoms with Gasteiger partial charge in [-0.3, -0.25) is 9.59 Å². The molecule has 2 aromatic carbocycles. The molecule has 3 N–H and O–H groups in total. The van der Waals surface area contributed by atoms with Gasteiger partial charge >= 0.3 is 0 Å². The highest BCUT2D eigenvalue weighted by Crippen LogP contribution is 2.32. The van der Waals surface area contributed by atoms with Gasteiger partial charge < -0.3 is 20.5 Å². The quantitative estimate of drug-likeness (QED) is 0.459. The van der Waals surface area contributed by atoms with Gasteiger partial charge in [0, 0.05) is 41.0 Å². The van der Waals surface area contributed by atoms with Crippen molar-refractivity contribution < 1.29 is 19.4 Å². The van der Waals surface area contributed by atoms with Crippen LogP contribution in [0, 0.1) is 6.92 Å². The van der Waals surface area contributed by atoms with E-state index in [1.54, 1.807) is 33.2 Å². The van der Waals surface area contributed by atoms with E-state index in [2.05, 4.69) is 9.97 Å². The van der Waals surface area contributed by atoms with Gasteiger partial charge in [0.1, 0.15) is 17.4 Å². The van der Waals surface area contributed by atoms with Gasteiger partial charge in [0.15, 0.2) is 0 Å². The van der Waals surface area contributed by atoms with E-state index in [0.717, 1.165) is 22.5 Å². The van der Waals surface area contributed by atoms with Crippen LogP contribution in [-0.2, 0) is 11.3 Å². The predicted molar refractivity (Wildman–Crippen MR) is 130 cm³/mol. The number of hydrogen-bond acceptors (Lipinski definition) is 8. The maximum absolute atomic E-state index is 13.2. The summed E-state index contributed by atoms with van der Waals surface area (Å²) in [5.74, 6) is 1.54. The molecule has 1 heterocycles. The fourth-order valence-electron chi connectivity index (χ4n) is 3.35. The van der Waals surface area contributed by atoms with Crippen LogP contribution in [0.1, 0.15) is 35.1 Å². The number of allylic oxidation sites excluding steroid dienone is 1. The number of rotatable bonds is 9. The van der Waals surface area contributed by atoms with Crippen molar-refractivity contribution >= 4 is 39.9 Å². The van der Waals surface area contributed by atoms with Gasteiger partial charge in [-0.05, 0) is 60.6 Å². The fraction of sp³-hybridized carbons (Fsp3) is 0.250. The molecule has 1 amide bonds. The molecule has 0 saturated heterocycles. The molecule has 0 unspecified atom stereocenters. The Balaban J connectivity index is 1.91. The zero-order chi connectivity index (χ0) is 24.0. The van der Waals surface area contributed by atoms with Crippen molar-refractivity contribution in [2.45, 2.75) is 26.8 Å². The average molecular weight is 467 g/mol. The van der Waals surface area contributed by atoms with Crippen LogP contribution in [0.2, 0.25) is 0 Å². The van der Waals surface area contributed by atoms with E-state index in [9.17, 15) is 14.7 Å². The van der Waals surface area contributed by atoms with Gasteiger partial charge in [-0.25, -0.2) is 9.97 Å². The topological polar surface area (TPSA) is 119 Å². The maximum atomic E-state index is 13.2. The van der Waals surface area contributed by atoms with E-state index < -0.39 is 0 Å². The molecule has 0 bridgehead atoms. The van der Waals surface area contributed by atoms with Crippen molar-refractivity contribution in [1.82, 2.24) is 14.9 Å². The number of amides is 1. The zero-order valence-corrected chi connectivity index (χ0v) is 19.6. The third-order valence-electron chi connectivity index (χ3n) is 5.18. The molecule has 3 aromatic rings. The van der Waals surface area contributed by atoms with E-state index in [1.165, 1.54) is 4.90 Å². The molecule has 0 aliphatic rings. The van der Waals surface area contributed by atoms with E-state index in [4.69, 9.17) is 10.5 Å². The minimum atomic E-state index is -0.183. The molecule has 33 heavy (non-hydrogen) atoms. The molecule has 1 aromatic heterocycles. The number of aliphatic hydroxyl groups excluding tert-OH is 1. The molecule has 0 saturated carbocycles. The first-order valence-corrected chi connectivity index (χ1v) is 11.1. The normalized spacial score (nSPS) is 11.8. The summed E-state index contributed by atoms with van der Waals surface area (Å²) in [6, 6.07) is 11.0. The maximum Gasteiger partial charge on any atom is 0.224 e. The van der Waals surface area contributed by atoms with E-state index in [1.807, 2.05) is 30.3 Å². The second-order valence-corrected chi connectivity index (χ2v) is 8.39. The number of carbonyl (C=O) groups is 2. The number of aromatic nitrogens is 2. The Morgan fingerprint density at radius 2 is 2.09 bits per heavy atom. The van der Waals surface area contributed by atoms with Crippen molar-refractivity contribution in [2.24, 2.45) is 0 Å². The number of methoxy groups -OCH3 is 1. The molecule has 0 spiro atoms. The average Bonchev–Trinajstić information content (AvgIpc) is 2.82. The van der Waals surface area contributed by atoms with Crippen LogP contribution < -0.4 is 10.5 Å². The first-order valence-electron chi connectivity index (χ1n) is 10.3. The number of nitrogen functional groups attached to an aromatic ring is 1. The highest BCUT2D eigenvalue weighted by Gasteiger charge is 2.19. The number of fused-ring (bicyclic) bond motifs is 1. The third-order valence-corrected chi connectivity index (χ3v) is 6.33. The number of aliphatic hydroxyl groups is 1. The largest absolute Gasteiger partial charge is 0.497 e. The number of nitrogens with zero attached hydrogens (tertiary/aromatic N) is 3. The van der Waals surface area contributed by atoms with Crippen molar-refractivity contribution in [3.63, 3.8) is 0 Å². The van der Waals surface area contributed by atoms with Gasteiger partial charge in [0.2, 0.25) is 11.5 Å². The van der Waals surface area contributed by atoms with Crippen LogP contribution in [0.25, 0.3) is 10.8 Å². The summed E-state index contributed by atoms with van der Waals surface area (Å²) in [6.45, 7) is 3.45. The summed E-state index contributed by atoms with van der Waals surface area (Å²) in [5.41, 5.74) is 7.66. The molecule has 0 aliphatic carbocycles. The van der Waals surface area contributed by atoms with E-state index in [-0.39, 0.29) is 24.7 Å². The molecule has 0 fully saturated rings. The number of hydrogen-bond donors (Lipinski definition) is 2. The van der Waals surface area contributed by atoms with Crippen molar-refractivity contribution in [3.05, 3.63) is 70.1 Å².